The second kappa shape index (κ2) is 11.6. The topological polar surface area (TPSA) is 102 Å². The number of nitrogens with one attached hydrogen (secondary N) is 2. The minimum absolute atomic E-state index is 0.0482. The SMILES string of the molecule is Cc1ccc(S(=O)(=O)NCc2ccccc2)c(C(=O)[C@H](C)[C@H]2NC(=O)[C@H]2[C@@H](CO[Si](C)C)C(C)(C)C)c1. The molecule has 1 aliphatic rings. The van der Waals surface area contributed by atoms with Crippen molar-refractivity contribution in [3.8, 4) is 0 Å². The van der Waals surface area contributed by atoms with Crippen LogP contribution in [0.25, 0.3) is 0 Å². The number of benzene rings is 2. The molecule has 4 atom stereocenters. The summed E-state index contributed by atoms with van der Waals surface area (Å²) in [6.45, 7) is 14.5. The number of β-lactam (4-membered cyclic amide) rings is 1. The molecule has 1 aliphatic heterocycles. The molecule has 0 saturated carbocycles. The summed E-state index contributed by atoms with van der Waals surface area (Å²) in [4.78, 5) is 26.5. The van der Waals surface area contributed by atoms with Gasteiger partial charge in [-0.3, -0.25) is 9.59 Å². The van der Waals surface area contributed by atoms with Gasteiger partial charge in [-0.15, -0.1) is 0 Å². The molecule has 2 aromatic rings. The van der Waals surface area contributed by atoms with E-state index in [1.807, 2.05) is 37.3 Å². The molecule has 3 rings (SSSR count). The van der Waals surface area contributed by atoms with E-state index in [9.17, 15) is 18.0 Å². The molecule has 0 bridgehead atoms. The fourth-order valence-corrected chi connectivity index (χ4v) is 6.49. The number of carbonyl (C=O) groups excluding carboxylic acids is 2. The Morgan fingerprint density at radius 1 is 1.14 bits per heavy atom. The highest BCUT2D eigenvalue weighted by atomic mass is 32.2. The highest BCUT2D eigenvalue weighted by Gasteiger charge is 2.51. The molecule has 201 valence electrons. The van der Waals surface area contributed by atoms with Crippen LogP contribution in [0.3, 0.4) is 0 Å². The smallest absolute Gasteiger partial charge is 0.241 e. The molecular weight excluding hydrogens is 504 g/mol. The Hall–Kier alpha value is -2.33. The quantitative estimate of drug-likeness (QED) is 0.249. The van der Waals surface area contributed by atoms with E-state index in [-0.39, 0.29) is 45.9 Å². The lowest BCUT2D eigenvalue weighted by Crippen LogP contribution is -2.66. The molecule has 1 saturated heterocycles. The molecule has 2 aromatic carbocycles. The molecule has 0 spiro atoms. The van der Waals surface area contributed by atoms with Crippen LogP contribution in [0, 0.1) is 30.1 Å². The Morgan fingerprint density at radius 2 is 1.78 bits per heavy atom. The van der Waals surface area contributed by atoms with Crippen molar-refractivity contribution in [3.05, 3.63) is 65.2 Å². The number of ketones is 1. The van der Waals surface area contributed by atoms with Crippen molar-refractivity contribution in [2.24, 2.45) is 23.2 Å². The molecule has 7 nitrogen and oxygen atoms in total. The van der Waals surface area contributed by atoms with Crippen molar-refractivity contribution in [2.75, 3.05) is 6.61 Å². The largest absolute Gasteiger partial charge is 0.417 e. The predicted molar refractivity (Wildman–Crippen MR) is 147 cm³/mol. The number of hydrogen-bond acceptors (Lipinski definition) is 5. The van der Waals surface area contributed by atoms with Crippen LogP contribution in [-0.2, 0) is 25.8 Å². The van der Waals surface area contributed by atoms with Gasteiger partial charge in [0.1, 0.15) is 0 Å². The van der Waals surface area contributed by atoms with Gasteiger partial charge in [0.25, 0.3) is 0 Å². The summed E-state index contributed by atoms with van der Waals surface area (Å²) in [5.41, 5.74) is 1.54. The molecule has 1 fully saturated rings. The van der Waals surface area contributed by atoms with E-state index in [2.05, 4.69) is 43.9 Å². The zero-order valence-electron chi connectivity index (χ0n) is 22.8. The average Bonchev–Trinajstić information content (AvgIpc) is 2.82. The van der Waals surface area contributed by atoms with Gasteiger partial charge in [0.05, 0.1) is 16.9 Å². The third-order valence-corrected chi connectivity index (χ3v) is 9.25. The standard InChI is InChI=1S/C28H39N2O5SSi/c1-18-13-14-23(36(33,34)29-16-20-11-9-8-10-12-20)21(15-18)26(31)19(2)25-24(27(32)30-25)22(28(3,4)5)17-35-37(6)7/h8-15,19,22,24-25,29H,16-17H2,1-7H3,(H,30,32)/t19-,22-,24+,25-/m1/s1. The normalized spacial score (nSPS) is 19.7. The first-order chi connectivity index (χ1) is 17.2. The summed E-state index contributed by atoms with van der Waals surface area (Å²) < 4.78 is 35.2. The Bertz CT molecular complexity index is 1220. The summed E-state index contributed by atoms with van der Waals surface area (Å²) >= 11 is 0. The van der Waals surface area contributed by atoms with E-state index in [4.69, 9.17) is 4.43 Å². The Morgan fingerprint density at radius 3 is 2.35 bits per heavy atom. The zero-order valence-corrected chi connectivity index (χ0v) is 24.6. The molecule has 0 unspecified atom stereocenters. The van der Waals surface area contributed by atoms with Crippen LogP contribution >= 0.6 is 0 Å². The van der Waals surface area contributed by atoms with Crippen LogP contribution in [0.4, 0.5) is 0 Å². The van der Waals surface area contributed by atoms with E-state index in [1.165, 1.54) is 6.07 Å². The van der Waals surface area contributed by atoms with Gasteiger partial charge in [0, 0.05) is 24.6 Å². The van der Waals surface area contributed by atoms with E-state index >= 15 is 0 Å². The second-order valence-corrected chi connectivity index (χ2v) is 15.1. The van der Waals surface area contributed by atoms with E-state index in [0.717, 1.165) is 11.1 Å². The maximum Gasteiger partial charge on any atom is 0.241 e. The van der Waals surface area contributed by atoms with Crippen LogP contribution in [0.2, 0.25) is 13.1 Å². The summed E-state index contributed by atoms with van der Waals surface area (Å²) in [6.07, 6.45) is 0. The summed E-state index contributed by atoms with van der Waals surface area (Å²) in [6, 6.07) is 13.6. The van der Waals surface area contributed by atoms with E-state index in [1.54, 1.807) is 19.1 Å². The van der Waals surface area contributed by atoms with Gasteiger partial charge < -0.3 is 9.74 Å². The highest BCUT2D eigenvalue weighted by molar-refractivity contribution is 7.89. The first-order valence-electron chi connectivity index (χ1n) is 12.6. The van der Waals surface area contributed by atoms with Crippen LogP contribution in [0.15, 0.2) is 53.4 Å². The zero-order chi connectivity index (χ0) is 27.5. The third kappa shape index (κ3) is 6.96. The fraction of sp³-hybridized carbons (Fsp3) is 0.500. The number of sulfonamides is 1. The molecule has 1 radical (unpaired) electrons. The van der Waals surface area contributed by atoms with Crippen molar-refractivity contribution in [1.29, 1.82) is 0 Å². The summed E-state index contributed by atoms with van der Waals surface area (Å²) in [5, 5.41) is 2.93. The lowest BCUT2D eigenvalue weighted by atomic mass is 9.64. The fourth-order valence-electron chi connectivity index (χ4n) is 4.77. The Kier molecular flexibility index (Phi) is 9.16. The number of rotatable bonds is 11. The lowest BCUT2D eigenvalue weighted by molar-refractivity contribution is -0.143. The van der Waals surface area contributed by atoms with Gasteiger partial charge in [-0.25, -0.2) is 13.1 Å². The molecular formula is C28H39N2O5SSi. The van der Waals surface area contributed by atoms with Crippen LogP contribution in [0.1, 0.15) is 49.2 Å². The Labute approximate surface area is 223 Å². The van der Waals surface area contributed by atoms with Gasteiger partial charge >= 0.3 is 0 Å². The van der Waals surface area contributed by atoms with Crippen molar-refractivity contribution in [1.82, 2.24) is 10.0 Å². The molecule has 1 heterocycles. The average molecular weight is 544 g/mol. The Balaban J connectivity index is 1.88. The lowest BCUT2D eigenvalue weighted by Gasteiger charge is -2.48. The molecule has 2 N–H and O–H groups in total. The maximum absolute atomic E-state index is 13.8. The number of Topliss-reactive ketones (excluding diaryl/α,β-unsaturated/α-hetero) is 1. The monoisotopic (exact) mass is 543 g/mol. The summed E-state index contributed by atoms with van der Waals surface area (Å²) in [5.74, 6) is -1.46. The van der Waals surface area contributed by atoms with Gasteiger partial charge in [0.2, 0.25) is 25.0 Å². The maximum atomic E-state index is 13.8. The molecule has 0 aliphatic carbocycles. The van der Waals surface area contributed by atoms with E-state index in [0.29, 0.717) is 6.61 Å². The number of carbonyl (C=O) groups is 2. The molecule has 9 heteroatoms. The predicted octanol–water partition coefficient (Wildman–Crippen LogP) is 4.34. The number of amides is 1. The molecule has 0 aromatic heterocycles. The van der Waals surface area contributed by atoms with Crippen molar-refractivity contribution < 1.29 is 22.4 Å². The van der Waals surface area contributed by atoms with E-state index < -0.39 is 31.0 Å². The van der Waals surface area contributed by atoms with Crippen molar-refractivity contribution in [3.63, 3.8) is 0 Å². The second-order valence-electron chi connectivity index (χ2n) is 11.2. The van der Waals surface area contributed by atoms with Crippen LogP contribution in [0.5, 0.6) is 0 Å². The van der Waals surface area contributed by atoms with Crippen molar-refractivity contribution in [2.45, 2.75) is 65.2 Å². The minimum Gasteiger partial charge on any atom is -0.417 e. The van der Waals surface area contributed by atoms with Gasteiger partial charge in [-0.2, -0.15) is 0 Å². The van der Waals surface area contributed by atoms with Crippen molar-refractivity contribution >= 4 is 30.8 Å². The first-order valence-corrected chi connectivity index (χ1v) is 16.5. The van der Waals surface area contributed by atoms with Crippen LogP contribution < -0.4 is 10.0 Å². The molecule has 37 heavy (non-hydrogen) atoms. The van der Waals surface area contributed by atoms with Gasteiger partial charge in [-0.1, -0.05) is 69.7 Å². The van der Waals surface area contributed by atoms with Crippen LogP contribution in [-0.4, -0.2) is 41.8 Å². The first kappa shape index (κ1) is 29.2. The highest BCUT2D eigenvalue weighted by Crippen LogP contribution is 2.41. The van der Waals surface area contributed by atoms with Gasteiger partial charge in [-0.05, 0) is 49.0 Å². The van der Waals surface area contributed by atoms with Gasteiger partial charge in [0.15, 0.2) is 5.78 Å². The minimum atomic E-state index is -3.96. The number of aryl methyl sites for hydroxylation is 1. The summed E-state index contributed by atoms with van der Waals surface area (Å²) in [7, 11) is -4.90. The number of hydrogen-bond donors (Lipinski definition) is 2. The molecule has 1 amide bonds. The third-order valence-electron chi connectivity index (χ3n) is 7.05.